The summed E-state index contributed by atoms with van der Waals surface area (Å²) in [4.78, 5) is 27.1. The first-order chi connectivity index (χ1) is 12.0. The Hall–Kier alpha value is -2.60. The first-order valence-corrected chi connectivity index (χ1v) is 8.59. The molecule has 0 spiro atoms. The molecule has 2 N–H and O–H groups in total. The third-order valence-electron chi connectivity index (χ3n) is 3.82. The summed E-state index contributed by atoms with van der Waals surface area (Å²) < 4.78 is 6.11. The molecule has 6 heteroatoms. The van der Waals surface area contributed by atoms with Crippen LogP contribution in [0.4, 0.5) is 0 Å². The molecule has 128 valence electrons. The van der Waals surface area contributed by atoms with Crippen molar-refractivity contribution in [3.05, 3.63) is 70.3 Å². The molecule has 0 aliphatic carbocycles. The standard InChI is InChI=1S/C19H17BrN2O3/c1-12(23)25-18(13-6-8-15(20)9-7-13)19(24)22-11-14-10-21-17-5-3-2-4-16(14)17/h2-10,18,21H,11H2,1H3,(H,22,24). The van der Waals surface area contributed by atoms with Gasteiger partial charge in [0.25, 0.3) is 5.91 Å². The minimum Gasteiger partial charge on any atom is -0.447 e. The van der Waals surface area contributed by atoms with E-state index < -0.39 is 12.1 Å². The number of esters is 1. The van der Waals surface area contributed by atoms with Crippen molar-refractivity contribution in [3.63, 3.8) is 0 Å². The van der Waals surface area contributed by atoms with Crippen LogP contribution in [0.1, 0.15) is 24.2 Å². The van der Waals surface area contributed by atoms with Crippen molar-refractivity contribution in [3.8, 4) is 0 Å². The zero-order valence-corrected chi connectivity index (χ0v) is 15.2. The number of para-hydroxylation sites is 1. The molecule has 1 unspecified atom stereocenters. The number of ether oxygens (including phenoxy) is 1. The molecule has 1 amide bonds. The van der Waals surface area contributed by atoms with E-state index >= 15 is 0 Å². The smallest absolute Gasteiger partial charge is 0.303 e. The van der Waals surface area contributed by atoms with E-state index in [2.05, 4.69) is 26.2 Å². The number of H-pyrrole nitrogens is 1. The number of rotatable bonds is 5. The maximum Gasteiger partial charge on any atom is 0.303 e. The molecule has 0 radical (unpaired) electrons. The van der Waals surface area contributed by atoms with Crippen LogP contribution in [0.25, 0.3) is 10.9 Å². The zero-order valence-electron chi connectivity index (χ0n) is 13.6. The van der Waals surface area contributed by atoms with E-state index in [-0.39, 0.29) is 5.91 Å². The van der Waals surface area contributed by atoms with Gasteiger partial charge in [-0.1, -0.05) is 46.3 Å². The number of carbonyl (C=O) groups is 2. The summed E-state index contributed by atoms with van der Waals surface area (Å²) in [6.45, 7) is 1.63. The van der Waals surface area contributed by atoms with Crippen molar-refractivity contribution < 1.29 is 14.3 Å². The molecular weight excluding hydrogens is 384 g/mol. The zero-order chi connectivity index (χ0) is 17.8. The monoisotopic (exact) mass is 400 g/mol. The van der Waals surface area contributed by atoms with Crippen LogP contribution in [0.15, 0.2) is 59.2 Å². The van der Waals surface area contributed by atoms with E-state index in [0.717, 1.165) is 20.9 Å². The summed E-state index contributed by atoms with van der Waals surface area (Å²) in [7, 11) is 0. The Morgan fingerprint density at radius 1 is 1.16 bits per heavy atom. The van der Waals surface area contributed by atoms with Gasteiger partial charge in [-0.25, -0.2) is 0 Å². The van der Waals surface area contributed by atoms with Crippen molar-refractivity contribution in [2.45, 2.75) is 19.6 Å². The predicted octanol–water partition coefficient (Wildman–Crippen LogP) is 3.85. The summed E-state index contributed by atoms with van der Waals surface area (Å²) in [6.07, 6.45) is 0.890. The molecule has 3 aromatic rings. The van der Waals surface area contributed by atoms with E-state index in [1.807, 2.05) is 30.5 Å². The van der Waals surface area contributed by atoms with Crippen LogP contribution in [0.5, 0.6) is 0 Å². The first-order valence-electron chi connectivity index (χ1n) is 7.80. The van der Waals surface area contributed by atoms with Crippen molar-refractivity contribution >= 4 is 38.7 Å². The predicted molar refractivity (Wildman–Crippen MR) is 98.8 cm³/mol. The van der Waals surface area contributed by atoms with Gasteiger partial charge >= 0.3 is 5.97 Å². The molecule has 0 saturated heterocycles. The van der Waals surface area contributed by atoms with Crippen LogP contribution < -0.4 is 5.32 Å². The molecule has 2 aromatic carbocycles. The van der Waals surface area contributed by atoms with Crippen LogP contribution in [0.3, 0.4) is 0 Å². The van der Waals surface area contributed by atoms with Gasteiger partial charge in [0.15, 0.2) is 0 Å². The minimum atomic E-state index is -0.976. The molecule has 0 fully saturated rings. The molecule has 0 aliphatic heterocycles. The second kappa shape index (κ2) is 7.53. The van der Waals surface area contributed by atoms with Crippen LogP contribution in [-0.2, 0) is 20.9 Å². The Morgan fingerprint density at radius 2 is 1.88 bits per heavy atom. The van der Waals surface area contributed by atoms with Crippen molar-refractivity contribution in [2.75, 3.05) is 0 Å². The number of carbonyl (C=O) groups excluding carboxylic acids is 2. The number of hydrogen-bond donors (Lipinski definition) is 2. The third kappa shape index (κ3) is 4.09. The highest BCUT2D eigenvalue weighted by atomic mass is 79.9. The highest BCUT2D eigenvalue weighted by Crippen LogP contribution is 2.22. The van der Waals surface area contributed by atoms with Gasteiger partial charge in [0, 0.05) is 40.6 Å². The van der Waals surface area contributed by atoms with Crippen LogP contribution in [0, 0.1) is 0 Å². The van der Waals surface area contributed by atoms with Gasteiger partial charge in [-0.3, -0.25) is 9.59 Å². The highest BCUT2D eigenvalue weighted by molar-refractivity contribution is 9.10. The summed E-state index contributed by atoms with van der Waals surface area (Å²) in [5.74, 6) is -0.863. The average molecular weight is 401 g/mol. The normalized spacial score (nSPS) is 11.9. The van der Waals surface area contributed by atoms with Gasteiger partial charge in [-0.05, 0) is 23.8 Å². The van der Waals surface area contributed by atoms with Gasteiger partial charge in [-0.15, -0.1) is 0 Å². The average Bonchev–Trinajstić information content (AvgIpc) is 3.01. The quantitative estimate of drug-likeness (QED) is 0.638. The van der Waals surface area contributed by atoms with E-state index in [0.29, 0.717) is 12.1 Å². The Balaban J connectivity index is 1.76. The van der Waals surface area contributed by atoms with E-state index in [1.54, 1.807) is 24.3 Å². The fraction of sp³-hybridized carbons (Fsp3) is 0.158. The van der Waals surface area contributed by atoms with Gasteiger partial charge in [-0.2, -0.15) is 0 Å². The van der Waals surface area contributed by atoms with Crippen LogP contribution >= 0.6 is 15.9 Å². The number of benzene rings is 2. The highest BCUT2D eigenvalue weighted by Gasteiger charge is 2.23. The van der Waals surface area contributed by atoms with E-state index in [4.69, 9.17) is 4.74 Å². The maximum absolute atomic E-state index is 12.6. The largest absolute Gasteiger partial charge is 0.447 e. The SMILES string of the molecule is CC(=O)OC(C(=O)NCc1c[nH]c2ccccc12)c1ccc(Br)cc1. The molecule has 1 heterocycles. The van der Waals surface area contributed by atoms with Gasteiger partial charge in [0.1, 0.15) is 0 Å². The molecule has 0 bridgehead atoms. The fourth-order valence-corrected chi connectivity index (χ4v) is 2.89. The molecule has 5 nitrogen and oxygen atoms in total. The Kier molecular flexibility index (Phi) is 5.19. The van der Waals surface area contributed by atoms with E-state index in [1.165, 1.54) is 6.92 Å². The second-order valence-corrected chi connectivity index (χ2v) is 6.53. The van der Waals surface area contributed by atoms with Gasteiger partial charge < -0.3 is 15.0 Å². The second-order valence-electron chi connectivity index (χ2n) is 5.62. The maximum atomic E-state index is 12.6. The van der Waals surface area contributed by atoms with Crippen molar-refractivity contribution in [2.24, 2.45) is 0 Å². The summed E-state index contributed by atoms with van der Waals surface area (Å²) in [6, 6.07) is 15.0. The lowest BCUT2D eigenvalue weighted by atomic mass is 10.1. The lowest BCUT2D eigenvalue weighted by Gasteiger charge is -2.17. The molecule has 1 atom stereocenters. The van der Waals surface area contributed by atoms with Gasteiger partial charge in [0.05, 0.1) is 0 Å². The minimum absolute atomic E-state index is 0.344. The topological polar surface area (TPSA) is 71.2 Å². The van der Waals surface area contributed by atoms with E-state index in [9.17, 15) is 9.59 Å². The molecule has 0 saturated carbocycles. The summed E-state index contributed by atoms with van der Waals surface area (Å²) in [5.41, 5.74) is 2.60. The number of fused-ring (bicyclic) bond motifs is 1. The fourth-order valence-electron chi connectivity index (χ4n) is 2.63. The lowest BCUT2D eigenvalue weighted by Crippen LogP contribution is -2.31. The molecule has 3 rings (SSSR count). The molecule has 1 aromatic heterocycles. The number of aromatic amines is 1. The van der Waals surface area contributed by atoms with Crippen molar-refractivity contribution in [1.82, 2.24) is 10.3 Å². The Labute approximate surface area is 153 Å². The van der Waals surface area contributed by atoms with Gasteiger partial charge in [0.2, 0.25) is 6.10 Å². The van der Waals surface area contributed by atoms with Crippen molar-refractivity contribution in [1.29, 1.82) is 0 Å². The summed E-state index contributed by atoms with van der Waals surface area (Å²) >= 11 is 3.35. The third-order valence-corrected chi connectivity index (χ3v) is 4.35. The molecular formula is C19H17BrN2O3. The molecule has 25 heavy (non-hydrogen) atoms. The number of aromatic nitrogens is 1. The first kappa shape index (κ1) is 17.2. The number of amides is 1. The lowest BCUT2D eigenvalue weighted by molar-refractivity contribution is -0.154. The van der Waals surface area contributed by atoms with Crippen LogP contribution in [0.2, 0.25) is 0 Å². The Bertz CT molecular complexity index is 902. The summed E-state index contributed by atoms with van der Waals surface area (Å²) in [5, 5.41) is 3.90. The number of nitrogens with one attached hydrogen (secondary N) is 2. The molecule has 0 aliphatic rings. The number of halogens is 1. The Morgan fingerprint density at radius 3 is 2.60 bits per heavy atom. The number of hydrogen-bond acceptors (Lipinski definition) is 3. The van der Waals surface area contributed by atoms with Crippen LogP contribution in [-0.4, -0.2) is 16.9 Å².